The van der Waals surface area contributed by atoms with E-state index in [1.165, 1.54) is 4.89 Å². The summed E-state index contributed by atoms with van der Waals surface area (Å²) in [5.74, 6) is 0. The predicted octanol–water partition coefficient (Wildman–Crippen LogP) is 0.562. The lowest BCUT2D eigenvalue weighted by Crippen LogP contribution is -2.31. The summed E-state index contributed by atoms with van der Waals surface area (Å²) in [5, 5.41) is -0.583. The summed E-state index contributed by atoms with van der Waals surface area (Å²) in [6.45, 7) is -1.61. The normalized spacial score (nSPS) is 19.0. The fraction of sp³-hybridized carbons (Fsp3) is 1.00. The topological polar surface area (TPSA) is 55.4 Å². The number of alkyl halides is 3. The zero-order valence-electron chi connectivity index (χ0n) is 6.47. The molecule has 1 rings (SSSR count). The summed E-state index contributed by atoms with van der Waals surface area (Å²) < 4.78 is 56.2. The van der Waals surface area contributed by atoms with Crippen molar-refractivity contribution < 1.29 is 26.4 Å². The van der Waals surface area contributed by atoms with Crippen LogP contribution in [0.2, 0.25) is 0 Å². The first kappa shape index (κ1) is 10.7. The van der Waals surface area contributed by atoms with Gasteiger partial charge in [-0.3, -0.25) is 4.84 Å². The van der Waals surface area contributed by atoms with Crippen LogP contribution >= 0.6 is 0 Å². The minimum atomic E-state index is -4.52. The summed E-state index contributed by atoms with van der Waals surface area (Å²) >= 11 is 0. The van der Waals surface area contributed by atoms with E-state index >= 15 is 0 Å². The fourth-order valence-corrected chi connectivity index (χ4v) is 1.76. The van der Waals surface area contributed by atoms with Crippen LogP contribution < -0.4 is 4.89 Å². The lowest BCUT2D eigenvalue weighted by molar-refractivity contribution is -0.181. The van der Waals surface area contributed by atoms with E-state index in [-0.39, 0.29) is 0 Å². The Kier molecular flexibility index (Phi) is 2.83. The van der Waals surface area contributed by atoms with Crippen molar-refractivity contribution in [2.24, 2.45) is 0 Å². The molecule has 0 radical (unpaired) electrons. The monoisotopic (exact) mass is 219 g/mol. The Morgan fingerprint density at radius 1 is 1.38 bits per heavy atom. The molecule has 0 bridgehead atoms. The molecule has 1 aliphatic rings. The second kappa shape index (κ2) is 3.43. The maximum Gasteiger partial charge on any atom is 0.413 e. The summed E-state index contributed by atoms with van der Waals surface area (Å²) in [4.78, 5) is 5.23. The molecule has 0 saturated heterocycles. The Morgan fingerprint density at radius 2 is 1.92 bits per heavy atom. The summed E-state index contributed by atoms with van der Waals surface area (Å²) in [6.07, 6.45) is -3.57. The van der Waals surface area contributed by atoms with Crippen molar-refractivity contribution >= 4 is 10.0 Å². The van der Waals surface area contributed by atoms with Crippen molar-refractivity contribution in [1.82, 2.24) is 4.89 Å². The third kappa shape index (κ3) is 3.92. The van der Waals surface area contributed by atoms with Gasteiger partial charge in [0.2, 0.25) is 10.0 Å². The number of hydrogen-bond acceptors (Lipinski definition) is 3. The molecular weight excluding hydrogens is 211 g/mol. The largest absolute Gasteiger partial charge is 0.413 e. The summed E-state index contributed by atoms with van der Waals surface area (Å²) in [5.41, 5.74) is 0. The molecule has 1 saturated carbocycles. The van der Waals surface area contributed by atoms with Crippen LogP contribution in [0, 0.1) is 0 Å². The van der Waals surface area contributed by atoms with Gasteiger partial charge in [-0.05, 0) is 12.8 Å². The molecule has 0 spiro atoms. The van der Waals surface area contributed by atoms with Gasteiger partial charge in [-0.1, -0.05) is 4.89 Å². The van der Waals surface area contributed by atoms with Crippen molar-refractivity contribution in [3.8, 4) is 0 Å². The average Bonchev–Trinajstić information content (AvgIpc) is 2.62. The molecule has 78 valence electrons. The van der Waals surface area contributed by atoms with Gasteiger partial charge in [0.05, 0.1) is 5.25 Å². The SMILES string of the molecule is O=S(=O)(NOCC(F)(F)F)C1CC1. The van der Waals surface area contributed by atoms with Crippen molar-refractivity contribution in [3.63, 3.8) is 0 Å². The second-order valence-electron chi connectivity index (χ2n) is 2.73. The molecule has 0 aromatic carbocycles. The molecule has 4 nitrogen and oxygen atoms in total. The van der Waals surface area contributed by atoms with Crippen molar-refractivity contribution in [3.05, 3.63) is 0 Å². The van der Waals surface area contributed by atoms with Crippen LogP contribution in [-0.2, 0) is 14.9 Å². The van der Waals surface area contributed by atoms with Crippen molar-refractivity contribution in [1.29, 1.82) is 0 Å². The average molecular weight is 219 g/mol. The quantitative estimate of drug-likeness (QED) is 0.703. The zero-order chi connectivity index (χ0) is 10.1. The molecule has 0 unspecified atom stereocenters. The molecule has 8 heteroatoms. The number of nitrogens with one attached hydrogen (secondary N) is 1. The predicted molar refractivity (Wildman–Crippen MR) is 37.1 cm³/mol. The minimum Gasteiger partial charge on any atom is -0.278 e. The Balaban J connectivity index is 2.26. The number of hydrogen-bond donors (Lipinski definition) is 1. The molecule has 0 heterocycles. The first-order valence-corrected chi connectivity index (χ1v) is 5.05. The maximum atomic E-state index is 11.5. The number of rotatable bonds is 4. The van der Waals surface area contributed by atoms with Crippen LogP contribution in [0.5, 0.6) is 0 Å². The standard InChI is InChI=1S/C5H8F3NO3S/c6-5(7,8)3-12-9-13(10,11)4-1-2-4/h4,9H,1-3H2. The van der Waals surface area contributed by atoms with Gasteiger partial charge in [0, 0.05) is 0 Å². The molecule has 0 aliphatic heterocycles. The Labute approximate surface area is 73.1 Å². The third-order valence-corrected chi connectivity index (χ3v) is 3.07. The Hall–Kier alpha value is -0.340. The van der Waals surface area contributed by atoms with Gasteiger partial charge in [0.25, 0.3) is 0 Å². The second-order valence-corrected chi connectivity index (χ2v) is 4.65. The van der Waals surface area contributed by atoms with Crippen LogP contribution in [0.3, 0.4) is 0 Å². The van der Waals surface area contributed by atoms with E-state index in [9.17, 15) is 21.6 Å². The van der Waals surface area contributed by atoms with E-state index in [1.807, 2.05) is 0 Å². The van der Waals surface area contributed by atoms with Crippen LogP contribution in [-0.4, -0.2) is 26.5 Å². The first-order chi connectivity index (χ1) is 5.81. The van der Waals surface area contributed by atoms with Crippen LogP contribution in [0.4, 0.5) is 13.2 Å². The van der Waals surface area contributed by atoms with Gasteiger partial charge >= 0.3 is 6.18 Å². The summed E-state index contributed by atoms with van der Waals surface area (Å²) in [6, 6.07) is 0. The highest BCUT2D eigenvalue weighted by atomic mass is 32.2. The molecule has 0 atom stereocenters. The fourth-order valence-electron chi connectivity index (χ4n) is 0.640. The van der Waals surface area contributed by atoms with Crippen LogP contribution in [0.15, 0.2) is 0 Å². The molecule has 1 fully saturated rings. The molecule has 13 heavy (non-hydrogen) atoms. The van der Waals surface area contributed by atoms with Gasteiger partial charge in [-0.15, -0.1) is 0 Å². The molecule has 0 amide bonds. The van der Waals surface area contributed by atoms with E-state index in [1.54, 1.807) is 0 Å². The molecule has 0 aromatic rings. The lowest BCUT2D eigenvalue weighted by atomic mass is 10.7. The van der Waals surface area contributed by atoms with Gasteiger partial charge in [0.15, 0.2) is 6.61 Å². The van der Waals surface area contributed by atoms with E-state index in [2.05, 4.69) is 4.84 Å². The van der Waals surface area contributed by atoms with E-state index in [0.29, 0.717) is 12.8 Å². The smallest absolute Gasteiger partial charge is 0.278 e. The van der Waals surface area contributed by atoms with Gasteiger partial charge in [-0.2, -0.15) is 13.2 Å². The Morgan fingerprint density at radius 3 is 2.31 bits per heavy atom. The highest BCUT2D eigenvalue weighted by molar-refractivity contribution is 7.90. The first-order valence-electron chi connectivity index (χ1n) is 3.50. The number of halogens is 3. The third-order valence-electron chi connectivity index (χ3n) is 1.37. The maximum absolute atomic E-state index is 11.5. The number of sulfonamides is 1. The molecule has 0 aromatic heterocycles. The highest BCUT2D eigenvalue weighted by Gasteiger charge is 2.37. The highest BCUT2D eigenvalue weighted by Crippen LogP contribution is 2.27. The van der Waals surface area contributed by atoms with Gasteiger partial charge in [-0.25, -0.2) is 8.42 Å². The minimum absolute atomic E-state index is 0.477. The lowest BCUT2D eigenvalue weighted by Gasteiger charge is -2.07. The Bertz CT molecular complexity index is 269. The summed E-state index contributed by atoms with van der Waals surface area (Å²) in [7, 11) is -3.68. The van der Waals surface area contributed by atoms with Crippen molar-refractivity contribution in [2.75, 3.05) is 6.61 Å². The molecule has 1 aliphatic carbocycles. The molecular formula is C5H8F3NO3S. The zero-order valence-corrected chi connectivity index (χ0v) is 7.28. The van der Waals surface area contributed by atoms with Crippen LogP contribution in [0.25, 0.3) is 0 Å². The van der Waals surface area contributed by atoms with Crippen LogP contribution in [0.1, 0.15) is 12.8 Å². The van der Waals surface area contributed by atoms with E-state index < -0.39 is 28.1 Å². The van der Waals surface area contributed by atoms with Gasteiger partial charge in [0.1, 0.15) is 0 Å². The van der Waals surface area contributed by atoms with Gasteiger partial charge < -0.3 is 0 Å². The molecule has 1 N–H and O–H groups in total. The van der Waals surface area contributed by atoms with E-state index in [4.69, 9.17) is 0 Å². The van der Waals surface area contributed by atoms with E-state index in [0.717, 1.165) is 0 Å². The van der Waals surface area contributed by atoms with Crippen molar-refractivity contribution in [2.45, 2.75) is 24.3 Å².